The van der Waals surface area contributed by atoms with Gasteiger partial charge < -0.3 is 11.1 Å². The minimum atomic E-state index is -0.264. The first-order valence-corrected chi connectivity index (χ1v) is 7.01. The molecular weight excluding hydrogens is 288 g/mol. The summed E-state index contributed by atoms with van der Waals surface area (Å²) in [6, 6.07) is 0. The van der Waals surface area contributed by atoms with Crippen molar-refractivity contribution in [3.63, 3.8) is 0 Å². The lowest BCUT2D eigenvalue weighted by molar-refractivity contribution is 0.0955. The van der Waals surface area contributed by atoms with Crippen molar-refractivity contribution in [3.05, 3.63) is 41.1 Å². The van der Waals surface area contributed by atoms with Crippen LogP contribution in [-0.2, 0) is 6.54 Å². The molecule has 1 amide bonds. The number of carbonyl (C=O) groups is 1. The summed E-state index contributed by atoms with van der Waals surface area (Å²) in [5.74, 6) is -0.264. The molecule has 0 radical (unpaired) electrons. The van der Waals surface area contributed by atoms with Crippen LogP contribution in [0.5, 0.6) is 0 Å². The lowest BCUT2D eigenvalue weighted by Gasteiger charge is -2.03. The molecule has 106 valence electrons. The number of nitrogens with zero attached hydrogens (tertiary/aromatic N) is 4. The van der Waals surface area contributed by atoms with E-state index in [2.05, 4.69) is 25.3 Å². The van der Waals surface area contributed by atoms with Crippen LogP contribution in [-0.4, -0.2) is 25.8 Å². The standard InChI is InChI=1S/C13H12N6OS/c1-7-4-18-8(5-17-7)6-19-12(20)11-9(14)10-13(21-11)16-3-2-15-10/h2-5H,6,14H2,1H3,(H,19,20). The number of thiophene rings is 1. The number of nitrogen functional groups attached to an aromatic ring is 1. The molecule has 0 bridgehead atoms. The Hall–Kier alpha value is -2.61. The third-order valence-corrected chi connectivity index (χ3v) is 3.94. The number of aryl methyl sites for hydroxylation is 1. The molecule has 0 saturated carbocycles. The molecule has 0 aliphatic carbocycles. The molecule has 3 aromatic heterocycles. The summed E-state index contributed by atoms with van der Waals surface area (Å²) in [4.78, 5) is 29.8. The number of carbonyl (C=O) groups excluding carboxylic acids is 1. The highest BCUT2D eigenvalue weighted by Crippen LogP contribution is 2.30. The van der Waals surface area contributed by atoms with Crippen LogP contribution in [0, 0.1) is 6.92 Å². The first kappa shape index (κ1) is 13.4. The summed E-state index contributed by atoms with van der Waals surface area (Å²) in [6.45, 7) is 2.15. The van der Waals surface area contributed by atoms with Crippen LogP contribution in [0.15, 0.2) is 24.8 Å². The van der Waals surface area contributed by atoms with Gasteiger partial charge in [0.1, 0.15) is 15.2 Å². The number of anilines is 1. The van der Waals surface area contributed by atoms with Crippen molar-refractivity contribution in [2.45, 2.75) is 13.5 Å². The minimum absolute atomic E-state index is 0.264. The fraction of sp³-hybridized carbons (Fsp3) is 0.154. The Kier molecular flexibility index (Phi) is 3.44. The fourth-order valence-electron chi connectivity index (χ4n) is 1.77. The number of hydrogen-bond donors (Lipinski definition) is 2. The van der Waals surface area contributed by atoms with Gasteiger partial charge in [-0.3, -0.25) is 14.8 Å². The predicted molar refractivity (Wildman–Crippen MR) is 79.8 cm³/mol. The maximum absolute atomic E-state index is 12.2. The van der Waals surface area contributed by atoms with E-state index in [4.69, 9.17) is 5.73 Å². The molecule has 0 saturated heterocycles. The van der Waals surface area contributed by atoms with Crippen LogP contribution in [0.1, 0.15) is 21.1 Å². The summed E-state index contributed by atoms with van der Waals surface area (Å²) in [7, 11) is 0. The highest BCUT2D eigenvalue weighted by molar-refractivity contribution is 7.21. The molecule has 0 aliphatic heterocycles. The molecular formula is C13H12N6OS. The van der Waals surface area contributed by atoms with Crippen LogP contribution in [0.2, 0.25) is 0 Å². The lowest BCUT2D eigenvalue weighted by atomic mass is 10.3. The molecule has 7 nitrogen and oxygen atoms in total. The number of hydrogen-bond acceptors (Lipinski definition) is 7. The molecule has 3 aromatic rings. The zero-order valence-electron chi connectivity index (χ0n) is 11.2. The third-order valence-electron chi connectivity index (χ3n) is 2.83. The van der Waals surface area contributed by atoms with Gasteiger partial charge in [0, 0.05) is 18.6 Å². The van der Waals surface area contributed by atoms with Crippen molar-refractivity contribution >= 4 is 33.3 Å². The normalized spacial score (nSPS) is 10.7. The summed E-state index contributed by atoms with van der Waals surface area (Å²) in [5.41, 5.74) is 8.38. The Bertz CT molecular complexity index is 798. The van der Waals surface area contributed by atoms with Gasteiger partial charge in [-0.2, -0.15) is 0 Å². The summed E-state index contributed by atoms with van der Waals surface area (Å²) >= 11 is 1.22. The Morgan fingerprint density at radius 1 is 1.24 bits per heavy atom. The van der Waals surface area contributed by atoms with Gasteiger partial charge in [-0.1, -0.05) is 0 Å². The van der Waals surface area contributed by atoms with E-state index in [-0.39, 0.29) is 5.91 Å². The smallest absolute Gasteiger partial charge is 0.263 e. The lowest BCUT2D eigenvalue weighted by Crippen LogP contribution is -2.23. The number of amides is 1. The second-order valence-corrected chi connectivity index (χ2v) is 5.39. The molecule has 0 unspecified atom stereocenters. The van der Waals surface area contributed by atoms with E-state index < -0.39 is 0 Å². The third kappa shape index (κ3) is 2.65. The minimum Gasteiger partial charge on any atom is -0.396 e. The quantitative estimate of drug-likeness (QED) is 0.755. The zero-order valence-corrected chi connectivity index (χ0v) is 12.0. The molecule has 3 heterocycles. The van der Waals surface area contributed by atoms with Crippen molar-refractivity contribution in [1.29, 1.82) is 0 Å². The van der Waals surface area contributed by atoms with E-state index in [0.717, 1.165) is 5.69 Å². The number of nitrogens with two attached hydrogens (primary N) is 1. The first-order valence-electron chi connectivity index (χ1n) is 6.20. The van der Waals surface area contributed by atoms with E-state index >= 15 is 0 Å². The van der Waals surface area contributed by atoms with Gasteiger partial charge >= 0.3 is 0 Å². The number of aromatic nitrogens is 4. The number of nitrogens with one attached hydrogen (secondary N) is 1. The zero-order chi connectivity index (χ0) is 14.8. The number of rotatable bonds is 3. The SMILES string of the molecule is Cc1cnc(CNC(=O)c2sc3nccnc3c2N)cn1. The van der Waals surface area contributed by atoms with Crippen LogP contribution in [0.4, 0.5) is 5.69 Å². The maximum atomic E-state index is 12.2. The van der Waals surface area contributed by atoms with E-state index in [1.165, 1.54) is 11.3 Å². The second-order valence-electron chi connectivity index (χ2n) is 4.39. The topological polar surface area (TPSA) is 107 Å². The number of fused-ring (bicyclic) bond motifs is 1. The van der Waals surface area contributed by atoms with Crippen LogP contribution in [0.25, 0.3) is 10.3 Å². The molecule has 0 fully saturated rings. The monoisotopic (exact) mass is 300 g/mol. The van der Waals surface area contributed by atoms with Gasteiger partial charge in [-0.05, 0) is 6.92 Å². The van der Waals surface area contributed by atoms with Crippen molar-refractivity contribution in [1.82, 2.24) is 25.3 Å². The molecule has 3 rings (SSSR count). The maximum Gasteiger partial charge on any atom is 0.263 e. The molecule has 0 spiro atoms. The second kappa shape index (κ2) is 5.41. The Balaban J connectivity index is 1.78. The summed E-state index contributed by atoms with van der Waals surface area (Å²) in [6.07, 6.45) is 6.41. The average Bonchev–Trinajstić information content (AvgIpc) is 2.84. The van der Waals surface area contributed by atoms with Gasteiger partial charge in [0.25, 0.3) is 5.91 Å². The van der Waals surface area contributed by atoms with Gasteiger partial charge in [-0.25, -0.2) is 9.97 Å². The summed E-state index contributed by atoms with van der Waals surface area (Å²) < 4.78 is 0. The Labute approximate surface area is 124 Å². The van der Waals surface area contributed by atoms with Gasteiger partial charge in [0.2, 0.25) is 0 Å². The largest absolute Gasteiger partial charge is 0.396 e. The van der Waals surface area contributed by atoms with Crippen LogP contribution < -0.4 is 11.1 Å². The first-order chi connectivity index (χ1) is 10.1. The molecule has 0 aliphatic rings. The molecule has 21 heavy (non-hydrogen) atoms. The molecule has 0 atom stereocenters. The van der Waals surface area contributed by atoms with Gasteiger partial charge in [0.15, 0.2) is 0 Å². The highest BCUT2D eigenvalue weighted by atomic mass is 32.1. The molecule has 3 N–H and O–H groups in total. The Morgan fingerprint density at radius 3 is 2.76 bits per heavy atom. The van der Waals surface area contributed by atoms with Crippen molar-refractivity contribution in [2.24, 2.45) is 0 Å². The van der Waals surface area contributed by atoms with Crippen molar-refractivity contribution < 1.29 is 4.79 Å². The molecule has 0 aromatic carbocycles. The van der Waals surface area contributed by atoms with Gasteiger partial charge in [0.05, 0.1) is 29.8 Å². The fourth-order valence-corrected chi connectivity index (χ4v) is 2.71. The van der Waals surface area contributed by atoms with E-state index in [1.54, 1.807) is 24.8 Å². The average molecular weight is 300 g/mol. The molecule has 8 heteroatoms. The van der Waals surface area contributed by atoms with Crippen molar-refractivity contribution in [2.75, 3.05) is 5.73 Å². The van der Waals surface area contributed by atoms with E-state index in [1.807, 2.05) is 6.92 Å². The van der Waals surface area contributed by atoms with Gasteiger partial charge in [-0.15, -0.1) is 11.3 Å². The van der Waals surface area contributed by atoms with Crippen LogP contribution >= 0.6 is 11.3 Å². The van der Waals surface area contributed by atoms with E-state index in [0.29, 0.717) is 33.2 Å². The summed E-state index contributed by atoms with van der Waals surface area (Å²) in [5, 5.41) is 2.77. The van der Waals surface area contributed by atoms with E-state index in [9.17, 15) is 4.79 Å². The Morgan fingerprint density at radius 2 is 2.05 bits per heavy atom. The highest BCUT2D eigenvalue weighted by Gasteiger charge is 2.17. The predicted octanol–water partition coefficient (Wildman–Crippen LogP) is 1.30. The van der Waals surface area contributed by atoms with Crippen LogP contribution in [0.3, 0.4) is 0 Å². The van der Waals surface area contributed by atoms with Crippen molar-refractivity contribution in [3.8, 4) is 0 Å².